The number of anilines is 1. The van der Waals surface area contributed by atoms with Gasteiger partial charge in [0.15, 0.2) is 11.6 Å². The van der Waals surface area contributed by atoms with Crippen LogP contribution in [0.4, 0.5) is 19.0 Å². The fourth-order valence-electron chi connectivity index (χ4n) is 1.35. The average Bonchev–Trinajstić information content (AvgIpc) is 2.36. The van der Waals surface area contributed by atoms with Crippen molar-refractivity contribution < 1.29 is 18.0 Å². The van der Waals surface area contributed by atoms with Crippen LogP contribution in [0.15, 0.2) is 34.9 Å². The molecule has 98 valence electrons. The van der Waals surface area contributed by atoms with Crippen molar-refractivity contribution in [2.45, 2.75) is 0 Å². The molecule has 0 saturated carbocycles. The number of amides is 1. The predicted molar refractivity (Wildman–Crippen MR) is 66.2 cm³/mol. The summed E-state index contributed by atoms with van der Waals surface area (Å²) in [5.41, 5.74) is -0.474. The van der Waals surface area contributed by atoms with Crippen LogP contribution in [0, 0.1) is 17.5 Å². The van der Waals surface area contributed by atoms with E-state index in [0.717, 1.165) is 24.4 Å². The second-order valence-electron chi connectivity index (χ2n) is 3.56. The number of nitrogens with zero attached hydrogens (tertiary/aromatic N) is 1. The number of pyridine rings is 1. The van der Waals surface area contributed by atoms with Crippen LogP contribution >= 0.6 is 15.9 Å². The largest absolute Gasteiger partial charge is 0.306 e. The first-order chi connectivity index (χ1) is 8.97. The van der Waals surface area contributed by atoms with Gasteiger partial charge in [-0.1, -0.05) is 15.9 Å². The second-order valence-corrected chi connectivity index (χ2v) is 4.48. The summed E-state index contributed by atoms with van der Waals surface area (Å²) in [6.45, 7) is 0. The van der Waals surface area contributed by atoms with Gasteiger partial charge in [-0.3, -0.25) is 4.79 Å². The smallest absolute Gasteiger partial charge is 0.259 e. The molecule has 1 aromatic heterocycles. The van der Waals surface area contributed by atoms with E-state index < -0.39 is 28.9 Å². The maximum Gasteiger partial charge on any atom is 0.259 e. The summed E-state index contributed by atoms with van der Waals surface area (Å²) in [5, 5.41) is 2.24. The van der Waals surface area contributed by atoms with Crippen LogP contribution in [0.2, 0.25) is 0 Å². The standard InChI is InChI=1S/C12H6BrF3N2O/c13-6-3-8(11(16)9(15)4-6)12(19)18-10-2-1-7(14)5-17-10/h1-5H,(H,17,18,19). The van der Waals surface area contributed by atoms with E-state index >= 15 is 0 Å². The van der Waals surface area contributed by atoms with E-state index in [4.69, 9.17) is 0 Å². The molecule has 2 aromatic rings. The fraction of sp³-hybridized carbons (Fsp3) is 0. The number of carbonyl (C=O) groups excluding carboxylic acids is 1. The number of rotatable bonds is 2. The molecule has 0 aliphatic carbocycles. The molecule has 3 nitrogen and oxygen atoms in total. The van der Waals surface area contributed by atoms with Crippen LogP contribution in [0.1, 0.15) is 10.4 Å². The first-order valence-electron chi connectivity index (χ1n) is 5.05. The minimum Gasteiger partial charge on any atom is -0.306 e. The summed E-state index contributed by atoms with van der Waals surface area (Å²) in [6.07, 6.45) is 0.896. The lowest BCUT2D eigenvalue weighted by Gasteiger charge is -2.06. The zero-order chi connectivity index (χ0) is 14.0. The summed E-state index contributed by atoms with van der Waals surface area (Å²) in [4.78, 5) is 15.3. The molecule has 1 N–H and O–H groups in total. The molecule has 7 heteroatoms. The SMILES string of the molecule is O=C(Nc1ccc(F)cn1)c1cc(Br)cc(F)c1F. The van der Waals surface area contributed by atoms with E-state index in [9.17, 15) is 18.0 Å². The molecule has 0 fully saturated rings. The van der Waals surface area contributed by atoms with Gasteiger partial charge in [-0.15, -0.1) is 0 Å². The van der Waals surface area contributed by atoms with E-state index in [1.165, 1.54) is 6.07 Å². The van der Waals surface area contributed by atoms with Gasteiger partial charge in [-0.05, 0) is 24.3 Å². The number of carbonyl (C=O) groups is 1. The highest BCUT2D eigenvalue weighted by Gasteiger charge is 2.17. The quantitative estimate of drug-likeness (QED) is 0.856. The monoisotopic (exact) mass is 330 g/mol. The maximum absolute atomic E-state index is 13.5. The van der Waals surface area contributed by atoms with Gasteiger partial charge in [-0.25, -0.2) is 18.2 Å². The first-order valence-corrected chi connectivity index (χ1v) is 5.84. The van der Waals surface area contributed by atoms with Gasteiger partial charge in [0, 0.05) is 4.47 Å². The van der Waals surface area contributed by atoms with Crippen molar-refractivity contribution in [3.8, 4) is 0 Å². The molecule has 19 heavy (non-hydrogen) atoms. The summed E-state index contributed by atoms with van der Waals surface area (Å²) in [7, 11) is 0. The molecule has 0 bridgehead atoms. The summed E-state index contributed by atoms with van der Waals surface area (Å²) < 4.78 is 39.5. The topological polar surface area (TPSA) is 42.0 Å². The Bertz CT molecular complexity index is 632. The molecule has 0 atom stereocenters. The summed E-state index contributed by atoms with van der Waals surface area (Å²) in [5.74, 6) is -3.82. The normalized spacial score (nSPS) is 10.3. The van der Waals surface area contributed by atoms with Gasteiger partial charge in [0.05, 0.1) is 11.8 Å². The molecule has 0 aliphatic heterocycles. The van der Waals surface area contributed by atoms with E-state index in [1.807, 2.05) is 0 Å². The number of hydrogen-bond donors (Lipinski definition) is 1. The molecule has 0 unspecified atom stereocenters. The zero-order valence-electron chi connectivity index (χ0n) is 9.25. The van der Waals surface area contributed by atoms with Gasteiger partial charge < -0.3 is 5.32 Å². The Balaban J connectivity index is 2.27. The Morgan fingerprint density at radius 3 is 2.58 bits per heavy atom. The highest BCUT2D eigenvalue weighted by molar-refractivity contribution is 9.10. The van der Waals surface area contributed by atoms with E-state index in [0.29, 0.717) is 0 Å². The highest BCUT2D eigenvalue weighted by Crippen LogP contribution is 2.20. The van der Waals surface area contributed by atoms with Gasteiger partial charge in [-0.2, -0.15) is 0 Å². The number of halogens is 4. The van der Waals surface area contributed by atoms with Crippen LogP contribution in [-0.4, -0.2) is 10.9 Å². The number of aromatic nitrogens is 1. The Labute approximate surface area is 114 Å². The van der Waals surface area contributed by atoms with Crippen molar-refractivity contribution >= 4 is 27.7 Å². The zero-order valence-corrected chi connectivity index (χ0v) is 10.8. The number of benzene rings is 1. The van der Waals surface area contributed by atoms with E-state index in [1.54, 1.807) is 0 Å². The summed E-state index contributed by atoms with van der Waals surface area (Å²) >= 11 is 2.96. The molecule has 1 heterocycles. The fourth-order valence-corrected chi connectivity index (χ4v) is 1.78. The van der Waals surface area contributed by atoms with Gasteiger partial charge in [0.1, 0.15) is 11.6 Å². The van der Waals surface area contributed by atoms with Crippen molar-refractivity contribution in [3.63, 3.8) is 0 Å². The summed E-state index contributed by atoms with van der Waals surface area (Å²) in [6, 6.07) is 4.33. The van der Waals surface area contributed by atoms with Crippen LogP contribution in [0.25, 0.3) is 0 Å². The van der Waals surface area contributed by atoms with Gasteiger partial charge >= 0.3 is 0 Å². The molecule has 1 amide bonds. The molecule has 0 radical (unpaired) electrons. The Kier molecular flexibility index (Phi) is 3.84. The Morgan fingerprint density at radius 2 is 1.95 bits per heavy atom. The number of nitrogens with one attached hydrogen (secondary N) is 1. The Hall–Kier alpha value is -1.89. The van der Waals surface area contributed by atoms with Crippen molar-refractivity contribution in [2.24, 2.45) is 0 Å². The average molecular weight is 331 g/mol. The highest BCUT2D eigenvalue weighted by atomic mass is 79.9. The first kappa shape index (κ1) is 13.5. The van der Waals surface area contributed by atoms with E-state index in [-0.39, 0.29) is 10.3 Å². The molecular formula is C12H6BrF3N2O. The lowest BCUT2D eigenvalue weighted by atomic mass is 10.2. The molecular weight excluding hydrogens is 325 g/mol. The third-order valence-electron chi connectivity index (χ3n) is 2.21. The molecule has 2 rings (SSSR count). The molecule has 0 aliphatic rings. The Morgan fingerprint density at radius 1 is 1.21 bits per heavy atom. The van der Waals surface area contributed by atoms with Crippen LogP contribution in [0.5, 0.6) is 0 Å². The van der Waals surface area contributed by atoms with Crippen molar-refractivity contribution in [3.05, 3.63) is 58.0 Å². The van der Waals surface area contributed by atoms with Crippen molar-refractivity contribution in [1.29, 1.82) is 0 Å². The lowest BCUT2D eigenvalue weighted by Crippen LogP contribution is -2.15. The minimum atomic E-state index is -1.26. The number of hydrogen-bond acceptors (Lipinski definition) is 2. The van der Waals surface area contributed by atoms with Crippen molar-refractivity contribution in [2.75, 3.05) is 5.32 Å². The van der Waals surface area contributed by atoms with Gasteiger partial charge in [0.25, 0.3) is 5.91 Å². The van der Waals surface area contributed by atoms with Crippen LogP contribution in [-0.2, 0) is 0 Å². The minimum absolute atomic E-state index is 0.0335. The molecule has 0 saturated heterocycles. The second kappa shape index (κ2) is 5.40. The van der Waals surface area contributed by atoms with Crippen LogP contribution in [0.3, 0.4) is 0 Å². The van der Waals surface area contributed by atoms with Crippen LogP contribution < -0.4 is 5.32 Å². The third kappa shape index (κ3) is 3.11. The third-order valence-corrected chi connectivity index (χ3v) is 2.66. The van der Waals surface area contributed by atoms with E-state index in [2.05, 4.69) is 26.2 Å². The predicted octanol–water partition coefficient (Wildman–Crippen LogP) is 3.51. The molecule has 0 spiro atoms. The lowest BCUT2D eigenvalue weighted by molar-refractivity contribution is 0.102. The van der Waals surface area contributed by atoms with Gasteiger partial charge in [0.2, 0.25) is 0 Å². The molecule has 1 aromatic carbocycles. The maximum atomic E-state index is 13.5. The van der Waals surface area contributed by atoms with Crippen molar-refractivity contribution in [1.82, 2.24) is 4.98 Å².